The number of halogens is 1. The third-order valence-corrected chi connectivity index (χ3v) is 6.35. The van der Waals surface area contributed by atoms with E-state index < -0.39 is 0 Å². The number of nitrogens with zero attached hydrogens (tertiary/aromatic N) is 1. The van der Waals surface area contributed by atoms with E-state index >= 15 is 0 Å². The molecular weight excluding hydrogens is 432 g/mol. The summed E-state index contributed by atoms with van der Waals surface area (Å²) in [6.45, 7) is 4.27. The Morgan fingerprint density at radius 1 is 1.13 bits per heavy atom. The molecule has 0 unspecified atom stereocenters. The molecule has 0 radical (unpaired) electrons. The van der Waals surface area contributed by atoms with E-state index in [0.29, 0.717) is 38.5 Å². The van der Waals surface area contributed by atoms with Crippen molar-refractivity contribution >= 4 is 45.6 Å². The first-order valence-electron chi connectivity index (χ1n) is 10.1. The van der Waals surface area contributed by atoms with Gasteiger partial charge in [-0.25, -0.2) is 4.98 Å². The van der Waals surface area contributed by atoms with E-state index in [2.05, 4.69) is 20.9 Å². The van der Waals surface area contributed by atoms with Crippen molar-refractivity contribution in [2.45, 2.75) is 39.3 Å². The highest BCUT2D eigenvalue weighted by Crippen LogP contribution is 2.26. The summed E-state index contributed by atoms with van der Waals surface area (Å²) in [7, 11) is 0. The molecule has 4 rings (SSSR count). The minimum Gasteiger partial charge on any atom is -0.357 e. The van der Waals surface area contributed by atoms with E-state index in [1.165, 1.54) is 11.3 Å². The minimum absolute atomic E-state index is 0.112. The van der Waals surface area contributed by atoms with Gasteiger partial charge in [0.25, 0.3) is 11.8 Å². The smallest absolute Gasteiger partial charge is 0.267 e. The Balaban J connectivity index is 1.44. The molecule has 1 fully saturated rings. The van der Waals surface area contributed by atoms with Crippen molar-refractivity contribution < 1.29 is 9.59 Å². The molecule has 1 aliphatic rings. The molecule has 31 heavy (non-hydrogen) atoms. The van der Waals surface area contributed by atoms with Crippen LogP contribution in [0.25, 0.3) is 0 Å². The van der Waals surface area contributed by atoms with Crippen LogP contribution >= 0.6 is 22.9 Å². The zero-order chi connectivity index (χ0) is 22.0. The van der Waals surface area contributed by atoms with Gasteiger partial charge in [-0.1, -0.05) is 41.1 Å². The van der Waals surface area contributed by atoms with Crippen LogP contribution < -0.4 is 16.0 Å². The minimum atomic E-state index is -0.242. The fraction of sp³-hybridized carbons (Fsp3) is 0.261. The Hall–Kier alpha value is -2.90. The molecule has 0 atom stereocenters. The number of anilines is 2. The van der Waals surface area contributed by atoms with Crippen LogP contribution in [-0.4, -0.2) is 22.8 Å². The molecule has 1 heterocycles. The van der Waals surface area contributed by atoms with Crippen LogP contribution in [0.4, 0.5) is 10.8 Å². The zero-order valence-electron chi connectivity index (χ0n) is 17.3. The van der Waals surface area contributed by atoms with Gasteiger partial charge >= 0.3 is 0 Å². The largest absolute Gasteiger partial charge is 0.357 e. The van der Waals surface area contributed by atoms with E-state index in [1.807, 2.05) is 44.2 Å². The molecule has 0 saturated heterocycles. The third-order valence-electron chi connectivity index (χ3n) is 5.00. The highest BCUT2D eigenvalue weighted by Gasteiger charge is 2.24. The van der Waals surface area contributed by atoms with E-state index in [0.717, 1.165) is 24.0 Å². The molecule has 1 saturated carbocycles. The van der Waals surface area contributed by atoms with Gasteiger partial charge in [0, 0.05) is 28.9 Å². The highest BCUT2D eigenvalue weighted by atomic mass is 35.5. The molecule has 3 aromatic rings. The number of carbonyl (C=O) groups excluding carboxylic acids is 2. The number of amides is 2. The Morgan fingerprint density at radius 3 is 2.68 bits per heavy atom. The molecule has 0 spiro atoms. The number of aryl methyl sites for hydroxylation is 2. The monoisotopic (exact) mass is 454 g/mol. The lowest BCUT2D eigenvalue weighted by Gasteiger charge is -2.10. The molecular formula is C23H23ClN4O2S. The van der Waals surface area contributed by atoms with Crippen molar-refractivity contribution in [3.63, 3.8) is 0 Å². The van der Waals surface area contributed by atoms with Crippen LogP contribution in [0.15, 0.2) is 42.5 Å². The number of hydrogen-bond donors (Lipinski definition) is 3. The van der Waals surface area contributed by atoms with E-state index in [1.54, 1.807) is 12.1 Å². The molecule has 2 amide bonds. The topological polar surface area (TPSA) is 83.1 Å². The van der Waals surface area contributed by atoms with Gasteiger partial charge in [0.05, 0.1) is 5.69 Å². The van der Waals surface area contributed by atoms with Gasteiger partial charge in [0.1, 0.15) is 4.88 Å². The second kappa shape index (κ2) is 9.08. The maximum Gasteiger partial charge on any atom is 0.267 e. The zero-order valence-corrected chi connectivity index (χ0v) is 18.9. The molecule has 3 N–H and O–H groups in total. The van der Waals surface area contributed by atoms with Gasteiger partial charge in [-0.3, -0.25) is 9.59 Å². The maximum absolute atomic E-state index is 12.9. The fourth-order valence-electron chi connectivity index (χ4n) is 3.08. The summed E-state index contributed by atoms with van der Waals surface area (Å²) in [5.41, 5.74) is 3.73. The quantitative estimate of drug-likeness (QED) is 0.460. The van der Waals surface area contributed by atoms with Gasteiger partial charge in [-0.15, -0.1) is 0 Å². The van der Waals surface area contributed by atoms with E-state index in [-0.39, 0.29) is 17.9 Å². The van der Waals surface area contributed by atoms with Gasteiger partial charge < -0.3 is 16.0 Å². The fourth-order valence-corrected chi connectivity index (χ4v) is 4.15. The first-order chi connectivity index (χ1) is 14.9. The lowest BCUT2D eigenvalue weighted by atomic mass is 10.1. The lowest BCUT2D eigenvalue weighted by Crippen LogP contribution is -2.25. The molecule has 8 heteroatoms. The van der Waals surface area contributed by atoms with Crippen LogP contribution in [-0.2, 0) is 6.54 Å². The number of thiazole rings is 1. The second-order valence-electron chi connectivity index (χ2n) is 7.65. The molecule has 1 aliphatic carbocycles. The van der Waals surface area contributed by atoms with Gasteiger partial charge in [0.15, 0.2) is 5.13 Å². The average molecular weight is 455 g/mol. The second-order valence-corrected chi connectivity index (χ2v) is 9.08. The van der Waals surface area contributed by atoms with Crippen molar-refractivity contribution in [1.82, 2.24) is 10.3 Å². The van der Waals surface area contributed by atoms with E-state index in [9.17, 15) is 9.59 Å². The van der Waals surface area contributed by atoms with Crippen LogP contribution in [0, 0.1) is 13.8 Å². The van der Waals surface area contributed by atoms with Gasteiger partial charge in [0.2, 0.25) is 0 Å². The summed E-state index contributed by atoms with van der Waals surface area (Å²) >= 11 is 7.32. The maximum atomic E-state index is 12.9. The Labute approximate surface area is 190 Å². The molecule has 6 nitrogen and oxygen atoms in total. The molecule has 160 valence electrons. The first-order valence-corrected chi connectivity index (χ1v) is 11.3. The summed E-state index contributed by atoms with van der Waals surface area (Å²) in [6, 6.07) is 13.2. The summed E-state index contributed by atoms with van der Waals surface area (Å²) in [6.07, 6.45) is 2.05. The number of benzene rings is 2. The summed E-state index contributed by atoms with van der Waals surface area (Å²) < 4.78 is 0. The number of nitrogens with one attached hydrogen (secondary N) is 3. The number of hydrogen-bond acceptors (Lipinski definition) is 5. The normalized spacial score (nSPS) is 13.0. The standard InChI is InChI=1S/C23H23ClN4O2S/c1-13-6-7-16(21(29)27-18-8-9-18)11-19(13)28-22(30)20-14(2)26-23(31-20)25-12-15-4-3-5-17(24)10-15/h3-7,10-11,18H,8-9,12H2,1-2H3,(H,25,26)(H,27,29)(H,28,30). The summed E-state index contributed by atoms with van der Waals surface area (Å²) in [5.74, 6) is -0.354. The van der Waals surface area contributed by atoms with Gasteiger partial charge in [-0.05, 0) is 62.1 Å². The van der Waals surface area contributed by atoms with Crippen molar-refractivity contribution in [1.29, 1.82) is 0 Å². The molecule has 0 aliphatic heterocycles. The van der Waals surface area contributed by atoms with Crippen LogP contribution in [0.3, 0.4) is 0 Å². The van der Waals surface area contributed by atoms with E-state index in [4.69, 9.17) is 11.6 Å². The SMILES string of the molecule is Cc1ccc(C(=O)NC2CC2)cc1NC(=O)c1sc(NCc2cccc(Cl)c2)nc1C. The first kappa shape index (κ1) is 21.3. The highest BCUT2D eigenvalue weighted by molar-refractivity contribution is 7.17. The molecule has 1 aromatic heterocycles. The molecule has 2 aromatic carbocycles. The van der Waals surface area contributed by atoms with Crippen molar-refractivity contribution in [3.05, 3.63) is 74.7 Å². The van der Waals surface area contributed by atoms with Gasteiger partial charge in [-0.2, -0.15) is 0 Å². The Morgan fingerprint density at radius 2 is 1.94 bits per heavy atom. The van der Waals surface area contributed by atoms with Crippen LogP contribution in [0.5, 0.6) is 0 Å². The van der Waals surface area contributed by atoms with Crippen LogP contribution in [0.2, 0.25) is 5.02 Å². The summed E-state index contributed by atoms with van der Waals surface area (Å²) in [5, 5.41) is 10.5. The Kier molecular flexibility index (Phi) is 6.25. The third kappa shape index (κ3) is 5.42. The Bertz CT molecular complexity index is 1140. The molecule has 0 bridgehead atoms. The van der Waals surface area contributed by atoms with Crippen molar-refractivity contribution in [2.24, 2.45) is 0 Å². The van der Waals surface area contributed by atoms with Crippen LogP contribution in [0.1, 0.15) is 49.7 Å². The lowest BCUT2D eigenvalue weighted by molar-refractivity contribution is 0.0949. The number of rotatable bonds is 7. The average Bonchev–Trinajstić information content (AvgIpc) is 3.47. The number of aromatic nitrogens is 1. The number of carbonyl (C=O) groups is 2. The predicted octanol–water partition coefficient (Wildman–Crippen LogP) is 5.17. The summed E-state index contributed by atoms with van der Waals surface area (Å²) in [4.78, 5) is 30.2. The predicted molar refractivity (Wildman–Crippen MR) is 125 cm³/mol. The van der Waals surface area contributed by atoms with Crippen molar-refractivity contribution in [2.75, 3.05) is 10.6 Å². The van der Waals surface area contributed by atoms with Crippen molar-refractivity contribution in [3.8, 4) is 0 Å².